The quantitative estimate of drug-likeness (QED) is 0.847. The summed E-state index contributed by atoms with van der Waals surface area (Å²) in [6.07, 6.45) is 1.82. The zero-order valence-electron chi connectivity index (χ0n) is 10.1. The Bertz CT molecular complexity index is 426. The summed E-state index contributed by atoms with van der Waals surface area (Å²) in [6, 6.07) is 0. The number of nitrogens with one attached hydrogen (secondary N) is 1. The van der Waals surface area contributed by atoms with E-state index in [4.69, 9.17) is 5.11 Å². The van der Waals surface area contributed by atoms with Crippen LogP contribution in [-0.4, -0.2) is 22.0 Å². The summed E-state index contributed by atoms with van der Waals surface area (Å²) < 4.78 is 0. The Labute approximate surface area is 104 Å². The van der Waals surface area contributed by atoms with Gasteiger partial charge in [0.2, 0.25) is 5.91 Å². The van der Waals surface area contributed by atoms with E-state index in [9.17, 15) is 9.59 Å². The number of aliphatic carboxylic acids is 1. The fourth-order valence-electron chi connectivity index (χ4n) is 1.48. The molecule has 5 nitrogen and oxygen atoms in total. The van der Waals surface area contributed by atoms with Crippen molar-refractivity contribution in [1.29, 1.82) is 0 Å². The third-order valence-electron chi connectivity index (χ3n) is 2.14. The lowest BCUT2D eigenvalue weighted by molar-refractivity contribution is -0.139. The van der Waals surface area contributed by atoms with Gasteiger partial charge in [-0.2, -0.15) is 0 Å². The maximum atomic E-state index is 11.7. The van der Waals surface area contributed by atoms with Crippen LogP contribution in [0.3, 0.4) is 0 Å². The van der Waals surface area contributed by atoms with Crippen molar-refractivity contribution in [3.05, 3.63) is 11.1 Å². The summed E-state index contributed by atoms with van der Waals surface area (Å²) in [5.74, 6) is -1.10. The second kappa shape index (κ2) is 5.27. The largest absolute Gasteiger partial charge is 0.481 e. The van der Waals surface area contributed by atoms with E-state index < -0.39 is 11.4 Å². The Morgan fingerprint density at radius 2 is 2.12 bits per heavy atom. The highest BCUT2D eigenvalue weighted by atomic mass is 32.1. The van der Waals surface area contributed by atoms with Crippen LogP contribution in [0.4, 0.5) is 5.13 Å². The predicted octanol–water partition coefficient (Wildman–Crippen LogP) is 2.28. The highest BCUT2D eigenvalue weighted by Gasteiger charge is 2.25. The number of rotatable bonds is 5. The molecule has 0 aliphatic carbocycles. The highest BCUT2D eigenvalue weighted by Crippen LogP contribution is 2.26. The van der Waals surface area contributed by atoms with Gasteiger partial charge in [0.05, 0.1) is 6.42 Å². The van der Waals surface area contributed by atoms with Crippen molar-refractivity contribution in [1.82, 2.24) is 4.98 Å². The zero-order chi connectivity index (χ0) is 13.1. The number of hydrogen-bond donors (Lipinski definition) is 2. The third-order valence-corrected chi connectivity index (χ3v) is 2.96. The molecule has 0 unspecified atom stereocenters. The minimum atomic E-state index is -0.895. The van der Waals surface area contributed by atoms with Crippen molar-refractivity contribution >= 4 is 28.3 Å². The third kappa shape index (κ3) is 4.95. The smallest absolute Gasteiger partial charge is 0.303 e. The van der Waals surface area contributed by atoms with Crippen molar-refractivity contribution in [3.8, 4) is 0 Å². The molecular weight excluding hydrogens is 240 g/mol. The first kappa shape index (κ1) is 13.6. The van der Waals surface area contributed by atoms with Crippen LogP contribution in [0, 0.1) is 12.3 Å². The van der Waals surface area contributed by atoms with Crippen LogP contribution in [0.5, 0.6) is 0 Å². The second-order valence-corrected chi connectivity index (χ2v) is 5.97. The van der Waals surface area contributed by atoms with Gasteiger partial charge >= 0.3 is 5.97 Å². The number of aromatic nitrogens is 1. The average Bonchev–Trinajstić information content (AvgIpc) is 2.46. The minimum Gasteiger partial charge on any atom is -0.481 e. The second-order valence-electron chi connectivity index (χ2n) is 4.74. The normalized spacial score (nSPS) is 11.2. The Balaban J connectivity index is 2.52. The predicted molar refractivity (Wildman–Crippen MR) is 66.1 cm³/mol. The van der Waals surface area contributed by atoms with Crippen LogP contribution < -0.4 is 5.32 Å². The number of anilines is 1. The van der Waals surface area contributed by atoms with E-state index in [1.807, 2.05) is 6.92 Å². The summed E-state index contributed by atoms with van der Waals surface area (Å²) in [4.78, 5) is 27.3. The zero-order valence-corrected chi connectivity index (χ0v) is 10.9. The number of thiazole rings is 1. The fourth-order valence-corrected chi connectivity index (χ4v) is 2.16. The molecule has 0 aliphatic rings. The standard InChI is InChI=1S/C11H16N2O3S/c1-7-6-12-10(17-7)13-8(14)4-11(2,3)5-9(15)16/h6H,4-5H2,1-3H3,(H,15,16)(H,12,13,14). The molecule has 1 aromatic rings. The van der Waals surface area contributed by atoms with E-state index >= 15 is 0 Å². The highest BCUT2D eigenvalue weighted by molar-refractivity contribution is 7.15. The molecule has 0 atom stereocenters. The molecule has 0 fully saturated rings. The average molecular weight is 256 g/mol. The molecule has 2 N–H and O–H groups in total. The van der Waals surface area contributed by atoms with Gasteiger partial charge in [-0.25, -0.2) is 4.98 Å². The SMILES string of the molecule is Cc1cnc(NC(=O)CC(C)(C)CC(=O)O)s1. The molecule has 17 heavy (non-hydrogen) atoms. The van der Waals surface area contributed by atoms with Gasteiger partial charge in [-0.1, -0.05) is 13.8 Å². The molecule has 1 heterocycles. The maximum Gasteiger partial charge on any atom is 0.303 e. The van der Waals surface area contributed by atoms with Crippen LogP contribution in [0.2, 0.25) is 0 Å². The topological polar surface area (TPSA) is 79.3 Å². The van der Waals surface area contributed by atoms with Gasteiger partial charge in [-0.3, -0.25) is 9.59 Å². The summed E-state index contributed by atoms with van der Waals surface area (Å²) in [5, 5.41) is 11.9. The number of carboxylic acid groups (broad SMARTS) is 1. The first-order valence-corrected chi connectivity index (χ1v) is 6.04. The Morgan fingerprint density at radius 3 is 2.59 bits per heavy atom. The van der Waals surface area contributed by atoms with Gasteiger partial charge < -0.3 is 10.4 Å². The van der Waals surface area contributed by atoms with E-state index in [-0.39, 0.29) is 18.7 Å². The Morgan fingerprint density at radius 1 is 1.47 bits per heavy atom. The molecule has 0 aromatic carbocycles. The van der Waals surface area contributed by atoms with Crippen molar-refractivity contribution in [2.75, 3.05) is 5.32 Å². The summed E-state index contributed by atoms with van der Waals surface area (Å²) >= 11 is 1.40. The van der Waals surface area contributed by atoms with Gasteiger partial charge in [0.1, 0.15) is 0 Å². The van der Waals surface area contributed by atoms with E-state index in [1.165, 1.54) is 11.3 Å². The van der Waals surface area contributed by atoms with E-state index in [2.05, 4.69) is 10.3 Å². The number of aryl methyl sites for hydroxylation is 1. The lowest BCUT2D eigenvalue weighted by atomic mass is 9.85. The maximum absolute atomic E-state index is 11.7. The number of amides is 1. The molecule has 1 amide bonds. The minimum absolute atomic E-state index is 0.0304. The first-order chi connectivity index (χ1) is 7.78. The summed E-state index contributed by atoms with van der Waals surface area (Å²) in [6.45, 7) is 5.42. The molecule has 94 valence electrons. The van der Waals surface area contributed by atoms with Crippen molar-refractivity contribution < 1.29 is 14.7 Å². The molecule has 0 spiro atoms. The van der Waals surface area contributed by atoms with Crippen molar-refractivity contribution in [2.45, 2.75) is 33.6 Å². The molecule has 0 aliphatic heterocycles. The van der Waals surface area contributed by atoms with Gasteiger partial charge in [0, 0.05) is 17.5 Å². The van der Waals surface area contributed by atoms with Crippen molar-refractivity contribution in [3.63, 3.8) is 0 Å². The summed E-state index contributed by atoms with van der Waals surface area (Å²) in [7, 11) is 0. The Kier molecular flexibility index (Phi) is 4.22. The molecule has 1 aromatic heterocycles. The van der Waals surface area contributed by atoms with Gasteiger partial charge in [-0.05, 0) is 12.3 Å². The molecule has 0 bridgehead atoms. The van der Waals surface area contributed by atoms with E-state index in [1.54, 1.807) is 20.0 Å². The van der Waals surface area contributed by atoms with E-state index in [0.29, 0.717) is 5.13 Å². The fraction of sp³-hybridized carbons (Fsp3) is 0.545. The van der Waals surface area contributed by atoms with Crippen LogP contribution >= 0.6 is 11.3 Å². The molecule has 6 heteroatoms. The van der Waals surface area contributed by atoms with Crippen LogP contribution in [0.1, 0.15) is 31.6 Å². The number of carboxylic acids is 1. The lowest BCUT2D eigenvalue weighted by Crippen LogP contribution is -2.24. The molecular formula is C11H16N2O3S. The molecule has 0 saturated carbocycles. The molecule has 0 radical (unpaired) electrons. The van der Waals surface area contributed by atoms with Crippen molar-refractivity contribution in [2.24, 2.45) is 5.41 Å². The molecule has 1 rings (SSSR count). The lowest BCUT2D eigenvalue weighted by Gasteiger charge is -2.20. The van der Waals surface area contributed by atoms with Gasteiger partial charge in [0.25, 0.3) is 0 Å². The van der Waals surface area contributed by atoms with Crippen LogP contribution in [0.15, 0.2) is 6.20 Å². The first-order valence-electron chi connectivity index (χ1n) is 5.22. The van der Waals surface area contributed by atoms with Crippen LogP contribution in [-0.2, 0) is 9.59 Å². The van der Waals surface area contributed by atoms with E-state index in [0.717, 1.165) is 4.88 Å². The summed E-state index contributed by atoms with van der Waals surface area (Å²) in [5.41, 5.74) is -0.553. The monoisotopic (exact) mass is 256 g/mol. The number of carbonyl (C=O) groups is 2. The number of nitrogens with zero attached hydrogens (tertiary/aromatic N) is 1. The van der Waals surface area contributed by atoms with Gasteiger partial charge in [0.15, 0.2) is 5.13 Å². The molecule has 0 saturated heterocycles. The Hall–Kier alpha value is -1.43. The number of carbonyl (C=O) groups excluding carboxylic acids is 1. The number of hydrogen-bond acceptors (Lipinski definition) is 4. The van der Waals surface area contributed by atoms with Gasteiger partial charge in [-0.15, -0.1) is 11.3 Å². The van der Waals surface area contributed by atoms with Crippen LogP contribution in [0.25, 0.3) is 0 Å².